The fraction of sp³-hybridized carbons (Fsp3) is 0.133. The number of nitrogens with zero attached hydrogens (tertiary/aromatic N) is 3. The van der Waals surface area contributed by atoms with Gasteiger partial charge in [-0.05, 0) is 31.2 Å². The largest absolute Gasteiger partial charge is 0.506 e. The normalized spacial score (nSPS) is 10.5. The number of aryl methyl sites for hydroxylation is 1. The van der Waals surface area contributed by atoms with Crippen molar-refractivity contribution >= 4 is 5.69 Å². The average Bonchev–Trinajstić information content (AvgIpc) is 2.93. The van der Waals surface area contributed by atoms with Crippen molar-refractivity contribution in [3.05, 3.63) is 54.1 Å². The van der Waals surface area contributed by atoms with E-state index >= 15 is 0 Å². The molecule has 0 radical (unpaired) electrons. The molecule has 0 saturated carbocycles. The third-order valence-electron chi connectivity index (χ3n) is 2.95. The highest BCUT2D eigenvalue weighted by Gasteiger charge is 2.10. The zero-order valence-corrected chi connectivity index (χ0v) is 11.4. The second-order valence-electron chi connectivity index (χ2n) is 4.55. The molecule has 0 amide bonds. The summed E-state index contributed by atoms with van der Waals surface area (Å²) in [5.74, 6) is 1.23. The predicted octanol–water partition coefficient (Wildman–Crippen LogP) is 2.76. The molecule has 6 heteroatoms. The van der Waals surface area contributed by atoms with E-state index in [-0.39, 0.29) is 5.75 Å². The van der Waals surface area contributed by atoms with E-state index in [0.717, 1.165) is 16.9 Å². The molecular weight excluding hydrogens is 268 g/mol. The minimum atomic E-state index is 0.153. The summed E-state index contributed by atoms with van der Waals surface area (Å²) in [6.07, 6.45) is 1.42. The van der Waals surface area contributed by atoms with Gasteiger partial charge in [0.1, 0.15) is 5.75 Å². The Balaban J connectivity index is 1.81. The molecule has 0 atom stereocenters. The minimum absolute atomic E-state index is 0.153. The van der Waals surface area contributed by atoms with Gasteiger partial charge in [0.2, 0.25) is 0 Å². The van der Waals surface area contributed by atoms with Crippen LogP contribution in [0.25, 0.3) is 11.5 Å². The summed E-state index contributed by atoms with van der Waals surface area (Å²) in [5, 5.41) is 16.3. The molecule has 2 N–H and O–H groups in total. The van der Waals surface area contributed by atoms with Gasteiger partial charge in [-0.3, -0.25) is 4.98 Å². The van der Waals surface area contributed by atoms with Crippen molar-refractivity contribution in [2.24, 2.45) is 0 Å². The highest BCUT2D eigenvalue weighted by atomic mass is 16.5. The summed E-state index contributed by atoms with van der Waals surface area (Å²) in [4.78, 5) is 8.38. The number of aromatic hydroxyl groups is 1. The number of nitrogens with one attached hydrogen (secondary N) is 1. The molecule has 0 aliphatic rings. The Morgan fingerprint density at radius 1 is 1.19 bits per heavy atom. The van der Waals surface area contributed by atoms with E-state index in [1.807, 2.05) is 24.3 Å². The lowest BCUT2D eigenvalue weighted by Gasteiger charge is -2.09. The molecule has 1 aromatic carbocycles. The Morgan fingerprint density at radius 3 is 2.76 bits per heavy atom. The molecule has 2 heterocycles. The molecule has 106 valence electrons. The van der Waals surface area contributed by atoms with Gasteiger partial charge in [-0.15, -0.1) is 0 Å². The second kappa shape index (κ2) is 5.62. The van der Waals surface area contributed by atoms with Crippen molar-refractivity contribution in [2.45, 2.75) is 13.5 Å². The number of anilines is 1. The highest BCUT2D eigenvalue weighted by molar-refractivity contribution is 5.72. The summed E-state index contributed by atoms with van der Waals surface area (Å²) < 4.78 is 5.21. The molecule has 0 bridgehead atoms. The van der Waals surface area contributed by atoms with E-state index in [1.54, 1.807) is 19.1 Å². The van der Waals surface area contributed by atoms with Crippen LogP contribution in [0.15, 0.2) is 47.1 Å². The Labute approximate surface area is 121 Å². The van der Waals surface area contributed by atoms with Crippen molar-refractivity contribution in [3.63, 3.8) is 0 Å². The molecule has 2 aromatic heterocycles. The first kappa shape index (κ1) is 13.1. The molecule has 0 unspecified atom stereocenters. The van der Waals surface area contributed by atoms with Gasteiger partial charge in [0.15, 0.2) is 5.82 Å². The Hall–Kier alpha value is -2.89. The smallest absolute Gasteiger partial charge is 0.260 e. The van der Waals surface area contributed by atoms with E-state index < -0.39 is 0 Å². The lowest BCUT2D eigenvalue weighted by molar-refractivity contribution is 0.426. The van der Waals surface area contributed by atoms with Gasteiger partial charge in [-0.1, -0.05) is 17.3 Å². The molecule has 3 rings (SSSR count). The molecular formula is C15H14N4O2. The van der Waals surface area contributed by atoms with Crippen LogP contribution in [-0.2, 0) is 6.54 Å². The summed E-state index contributed by atoms with van der Waals surface area (Å²) in [5.41, 5.74) is 2.55. The lowest BCUT2D eigenvalue weighted by atomic mass is 10.1. The van der Waals surface area contributed by atoms with E-state index in [0.29, 0.717) is 18.3 Å². The van der Waals surface area contributed by atoms with Gasteiger partial charge < -0.3 is 14.9 Å². The monoisotopic (exact) mass is 282 g/mol. The van der Waals surface area contributed by atoms with Crippen LogP contribution in [0.1, 0.15) is 11.5 Å². The molecule has 0 spiro atoms. The summed E-state index contributed by atoms with van der Waals surface area (Å²) in [6.45, 7) is 2.31. The van der Waals surface area contributed by atoms with Crippen LogP contribution in [0, 0.1) is 6.92 Å². The predicted molar refractivity (Wildman–Crippen MR) is 77.7 cm³/mol. The molecule has 0 aliphatic carbocycles. The zero-order valence-electron chi connectivity index (χ0n) is 11.4. The van der Waals surface area contributed by atoms with Gasteiger partial charge in [0, 0.05) is 5.69 Å². The standard InChI is InChI=1S/C15H14N4O2/c1-10-18-15(21-19-10)13-4-2-3-5-14(13)17-8-11-6-7-12(20)9-16-11/h2-7,9,17,20H,8H2,1H3. The van der Waals surface area contributed by atoms with Crippen molar-refractivity contribution in [2.75, 3.05) is 5.32 Å². The van der Waals surface area contributed by atoms with Crippen LogP contribution >= 0.6 is 0 Å². The molecule has 3 aromatic rings. The van der Waals surface area contributed by atoms with Gasteiger partial charge in [0.25, 0.3) is 5.89 Å². The maximum Gasteiger partial charge on any atom is 0.260 e. The molecule has 21 heavy (non-hydrogen) atoms. The first-order chi connectivity index (χ1) is 10.2. The van der Waals surface area contributed by atoms with Gasteiger partial charge in [-0.25, -0.2) is 0 Å². The summed E-state index contributed by atoms with van der Waals surface area (Å²) >= 11 is 0. The number of hydrogen-bond acceptors (Lipinski definition) is 6. The van der Waals surface area contributed by atoms with Crippen LogP contribution in [0.3, 0.4) is 0 Å². The van der Waals surface area contributed by atoms with Crippen LogP contribution in [0.5, 0.6) is 5.75 Å². The fourth-order valence-electron chi connectivity index (χ4n) is 1.94. The van der Waals surface area contributed by atoms with Gasteiger partial charge in [0.05, 0.1) is 24.0 Å². The fourth-order valence-corrected chi connectivity index (χ4v) is 1.94. The summed E-state index contributed by atoms with van der Waals surface area (Å²) in [7, 11) is 0. The van der Waals surface area contributed by atoms with E-state index in [9.17, 15) is 5.11 Å². The van der Waals surface area contributed by atoms with Crippen molar-refractivity contribution in [1.29, 1.82) is 0 Å². The maximum atomic E-state index is 9.23. The first-order valence-electron chi connectivity index (χ1n) is 6.50. The van der Waals surface area contributed by atoms with E-state index in [1.165, 1.54) is 6.20 Å². The third-order valence-corrected chi connectivity index (χ3v) is 2.95. The molecule has 0 saturated heterocycles. The SMILES string of the molecule is Cc1noc(-c2ccccc2NCc2ccc(O)cn2)n1. The molecule has 0 fully saturated rings. The average molecular weight is 282 g/mol. The maximum absolute atomic E-state index is 9.23. The van der Waals surface area contributed by atoms with Crippen molar-refractivity contribution in [1.82, 2.24) is 15.1 Å². The number of rotatable bonds is 4. The number of para-hydroxylation sites is 1. The number of hydrogen-bond donors (Lipinski definition) is 2. The number of benzene rings is 1. The molecule has 6 nitrogen and oxygen atoms in total. The topological polar surface area (TPSA) is 84.1 Å². The van der Waals surface area contributed by atoms with E-state index in [2.05, 4.69) is 20.4 Å². The van der Waals surface area contributed by atoms with Crippen LogP contribution in [-0.4, -0.2) is 20.2 Å². The number of pyridine rings is 1. The Bertz CT molecular complexity index is 737. The first-order valence-corrected chi connectivity index (χ1v) is 6.50. The van der Waals surface area contributed by atoms with Crippen molar-refractivity contribution < 1.29 is 9.63 Å². The molecule has 0 aliphatic heterocycles. The second-order valence-corrected chi connectivity index (χ2v) is 4.55. The highest BCUT2D eigenvalue weighted by Crippen LogP contribution is 2.26. The number of aromatic nitrogens is 3. The van der Waals surface area contributed by atoms with Crippen LogP contribution in [0.4, 0.5) is 5.69 Å². The van der Waals surface area contributed by atoms with E-state index in [4.69, 9.17) is 4.52 Å². The quantitative estimate of drug-likeness (QED) is 0.765. The van der Waals surface area contributed by atoms with Crippen molar-refractivity contribution in [3.8, 4) is 17.2 Å². The lowest BCUT2D eigenvalue weighted by Crippen LogP contribution is -2.02. The van der Waals surface area contributed by atoms with Crippen LogP contribution < -0.4 is 5.32 Å². The van der Waals surface area contributed by atoms with Gasteiger partial charge >= 0.3 is 0 Å². The Kier molecular flexibility index (Phi) is 3.51. The van der Waals surface area contributed by atoms with Gasteiger partial charge in [-0.2, -0.15) is 4.98 Å². The van der Waals surface area contributed by atoms with Crippen LogP contribution in [0.2, 0.25) is 0 Å². The summed E-state index contributed by atoms with van der Waals surface area (Å²) in [6, 6.07) is 11.1. The third kappa shape index (κ3) is 3.00. The minimum Gasteiger partial charge on any atom is -0.506 e. The zero-order chi connectivity index (χ0) is 14.7. The Morgan fingerprint density at radius 2 is 2.05 bits per heavy atom.